The number of hydrogen-bond acceptors (Lipinski definition) is 3. The minimum Gasteiger partial charge on any atom is -0.493 e. The van der Waals surface area contributed by atoms with E-state index in [9.17, 15) is 4.79 Å². The summed E-state index contributed by atoms with van der Waals surface area (Å²) in [6, 6.07) is 15.9. The summed E-state index contributed by atoms with van der Waals surface area (Å²) in [5, 5.41) is 3.00. The summed E-state index contributed by atoms with van der Waals surface area (Å²) in [6.45, 7) is 7.39. The van der Waals surface area contributed by atoms with Gasteiger partial charge < -0.3 is 14.8 Å². The highest BCUT2D eigenvalue weighted by molar-refractivity contribution is 5.81. The molecule has 0 saturated heterocycles. The Kier molecular flexibility index (Phi) is 8.69. The van der Waals surface area contributed by atoms with Crippen molar-refractivity contribution in [2.24, 2.45) is 0 Å². The van der Waals surface area contributed by atoms with E-state index >= 15 is 0 Å². The Labute approximate surface area is 162 Å². The zero-order chi connectivity index (χ0) is 19.5. The minimum absolute atomic E-state index is 0.0590. The van der Waals surface area contributed by atoms with Gasteiger partial charge in [0, 0.05) is 6.54 Å². The van der Waals surface area contributed by atoms with Gasteiger partial charge in [0.05, 0.1) is 6.61 Å². The van der Waals surface area contributed by atoms with Crippen molar-refractivity contribution >= 4 is 5.91 Å². The normalized spacial score (nSPS) is 11.7. The molecule has 2 aromatic rings. The van der Waals surface area contributed by atoms with E-state index in [2.05, 4.69) is 18.3 Å². The first-order valence-electron chi connectivity index (χ1n) is 9.86. The van der Waals surface area contributed by atoms with E-state index in [1.54, 1.807) is 0 Å². The van der Waals surface area contributed by atoms with E-state index in [-0.39, 0.29) is 5.91 Å². The maximum atomic E-state index is 12.4. The lowest BCUT2D eigenvalue weighted by Crippen LogP contribution is -2.38. The molecule has 1 N–H and O–H groups in total. The number of carbonyl (C=O) groups is 1. The number of benzene rings is 2. The lowest BCUT2D eigenvalue weighted by atomic mass is 10.1. The number of rotatable bonds is 11. The molecule has 0 saturated carbocycles. The van der Waals surface area contributed by atoms with Crippen molar-refractivity contribution in [3.05, 3.63) is 59.7 Å². The molecule has 0 bridgehead atoms. The predicted molar refractivity (Wildman–Crippen MR) is 109 cm³/mol. The summed E-state index contributed by atoms with van der Waals surface area (Å²) in [5.41, 5.74) is 2.22. The molecule has 4 heteroatoms. The number of carbonyl (C=O) groups excluding carboxylic acids is 1. The summed E-state index contributed by atoms with van der Waals surface area (Å²) in [5.74, 6) is 1.65. The lowest BCUT2D eigenvalue weighted by molar-refractivity contribution is -0.128. The second-order valence-corrected chi connectivity index (χ2v) is 6.63. The van der Waals surface area contributed by atoms with Crippen LogP contribution in [-0.4, -0.2) is 25.2 Å². The maximum absolute atomic E-state index is 12.4. The molecular weight excluding hydrogens is 338 g/mol. The zero-order valence-electron chi connectivity index (χ0n) is 16.7. The molecule has 146 valence electrons. The van der Waals surface area contributed by atoms with Crippen LogP contribution in [0.3, 0.4) is 0 Å². The van der Waals surface area contributed by atoms with Crippen molar-refractivity contribution < 1.29 is 14.3 Å². The summed E-state index contributed by atoms with van der Waals surface area (Å²) in [6.07, 6.45) is 2.89. The monoisotopic (exact) mass is 369 g/mol. The molecule has 1 atom stereocenters. The van der Waals surface area contributed by atoms with Crippen molar-refractivity contribution in [3.63, 3.8) is 0 Å². The summed E-state index contributed by atoms with van der Waals surface area (Å²) >= 11 is 0. The van der Waals surface area contributed by atoms with Gasteiger partial charge in [-0.3, -0.25) is 4.79 Å². The number of aryl methyl sites for hydroxylation is 2. The first kappa shape index (κ1) is 20.8. The smallest absolute Gasteiger partial charge is 0.261 e. The standard InChI is InChI=1S/C23H31NO3/c1-4-17-26-22-15-9-7-12-19(22)13-10-16-24-23(25)20(5-2)27-21-14-8-6-11-18(21)3/h6-9,11-12,14-15,20H,4-5,10,13,16-17H2,1-3H3,(H,24,25)/t20-/m0/s1. The number of para-hydroxylation sites is 2. The molecule has 0 spiro atoms. The predicted octanol–water partition coefficient (Wildman–Crippen LogP) is 4.69. The first-order valence-corrected chi connectivity index (χ1v) is 9.86. The highest BCUT2D eigenvalue weighted by Gasteiger charge is 2.18. The van der Waals surface area contributed by atoms with Gasteiger partial charge in [0.15, 0.2) is 6.10 Å². The van der Waals surface area contributed by atoms with Gasteiger partial charge in [0.2, 0.25) is 0 Å². The average Bonchev–Trinajstić information content (AvgIpc) is 2.69. The highest BCUT2D eigenvalue weighted by atomic mass is 16.5. The van der Waals surface area contributed by atoms with E-state index in [0.717, 1.165) is 42.9 Å². The van der Waals surface area contributed by atoms with E-state index in [0.29, 0.717) is 13.0 Å². The molecular formula is C23H31NO3. The van der Waals surface area contributed by atoms with E-state index in [4.69, 9.17) is 9.47 Å². The van der Waals surface area contributed by atoms with Gasteiger partial charge in [-0.25, -0.2) is 0 Å². The van der Waals surface area contributed by atoms with Gasteiger partial charge >= 0.3 is 0 Å². The third-order valence-electron chi connectivity index (χ3n) is 4.38. The molecule has 2 rings (SSSR count). The summed E-state index contributed by atoms with van der Waals surface area (Å²) in [4.78, 5) is 12.4. The Morgan fingerprint density at radius 1 is 1.04 bits per heavy atom. The van der Waals surface area contributed by atoms with E-state index in [1.165, 1.54) is 5.56 Å². The third-order valence-corrected chi connectivity index (χ3v) is 4.38. The summed E-state index contributed by atoms with van der Waals surface area (Å²) < 4.78 is 11.7. The van der Waals surface area contributed by atoms with Gasteiger partial charge in [-0.2, -0.15) is 0 Å². The Balaban J connectivity index is 1.80. The van der Waals surface area contributed by atoms with Crippen molar-refractivity contribution in [3.8, 4) is 11.5 Å². The summed E-state index contributed by atoms with van der Waals surface area (Å²) in [7, 11) is 0. The maximum Gasteiger partial charge on any atom is 0.261 e. The van der Waals surface area contributed by atoms with Gasteiger partial charge in [-0.15, -0.1) is 0 Å². The third kappa shape index (κ3) is 6.63. The SMILES string of the molecule is CCCOc1ccccc1CCCNC(=O)[C@H](CC)Oc1ccccc1C. The second kappa shape index (κ2) is 11.3. The van der Waals surface area contributed by atoms with E-state index in [1.807, 2.05) is 56.3 Å². The molecule has 0 aliphatic heterocycles. The van der Waals surface area contributed by atoms with Crippen LogP contribution in [-0.2, 0) is 11.2 Å². The number of nitrogens with one attached hydrogen (secondary N) is 1. The minimum atomic E-state index is -0.466. The topological polar surface area (TPSA) is 47.6 Å². The molecule has 0 aromatic heterocycles. The van der Waals surface area contributed by atoms with Gasteiger partial charge in [0.25, 0.3) is 5.91 Å². The first-order chi connectivity index (χ1) is 13.2. The van der Waals surface area contributed by atoms with Crippen LogP contribution >= 0.6 is 0 Å². The zero-order valence-corrected chi connectivity index (χ0v) is 16.7. The van der Waals surface area contributed by atoms with Crippen LogP contribution in [0.2, 0.25) is 0 Å². The van der Waals surface area contributed by atoms with Crippen LogP contribution in [0.5, 0.6) is 11.5 Å². The van der Waals surface area contributed by atoms with Crippen molar-refractivity contribution in [2.45, 2.75) is 52.6 Å². The Morgan fingerprint density at radius 2 is 1.74 bits per heavy atom. The van der Waals surface area contributed by atoms with Crippen LogP contribution in [0, 0.1) is 6.92 Å². The van der Waals surface area contributed by atoms with Gasteiger partial charge in [-0.05, 0) is 55.9 Å². The Bertz CT molecular complexity index is 714. The number of ether oxygens (including phenoxy) is 2. The second-order valence-electron chi connectivity index (χ2n) is 6.63. The van der Waals surface area contributed by atoms with Gasteiger partial charge in [-0.1, -0.05) is 50.2 Å². The molecule has 0 aliphatic rings. The van der Waals surface area contributed by atoms with Crippen LogP contribution < -0.4 is 14.8 Å². The van der Waals surface area contributed by atoms with Crippen molar-refractivity contribution in [2.75, 3.05) is 13.2 Å². The molecule has 4 nitrogen and oxygen atoms in total. The number of amides is 1. The van der Waals surface area contributed by atoms with Crippen LogP contribution in [0.15, 0.2) is 48.5 Å². The van der Waals surface area contributed by atoms with Crippen LogP contribution in [0.25, 0.3) is 0 Å². The highest BCUT2D eigenvalue weighted by Crippen LogP contribution is 2.20. The molecule has 0 unspecified atom stereocenters. The quantitative estimate of drug-likeness (QED) is 0.585. The Hall–Kier alpha value is -2.49. The molecule has 0 fully saturated rings. The van der Waals surface area contributed by atoms with Crippen molar-refractivity contribution in [1.29, 1.82) is 0 Å². The van der Waals surface area contributed by atoms with Crippen LogP contribution in [0.4, 0.5) is 0 Å². The van der Waals surface area contributed by atoms with Crippen LogP contribution in [0.1, 0.15) is 44.2 Å². The molecule has 0 heterocycles. The van der Waals surface area contributed by atoms with Gasteiger partial charge in [0.1, 0.15) is 11.5 Å². The molecule has 1 amide bonds. The fourth-order valence-electron chi connectivity index (χ4n) is 2.83. The fraction of sp³-hybridized carbons (Fsp3) is 0.435. The van der Waals surface area contributed by atoms with Crippen molar-refractivity contribution in [1.82, 2.24) is 5.32 Å². The molecule has 2 aromatic carbocycles. The number of hydrogen-bond donors (Lipinski definition) is 1. The molecule has 0 radical (unpaired) electrons. The average molecular weight is 370 g/mol. The van der Waals surface area contributed by atoms with E-state index < -0.39 is 6.10 Å². The molecule has 27 heavy (non-hydrogen) atoms. The lowest BCUT2D eigenvalue weighted by Gasteiger charge is -2.18. The Morgan fingerprint density at radius 3 is 2.44 bits per heavy atom. The fourth-order valence-corrected chi connectivity index (χ4v) is 2.83. The molecule has 0 aliphatic carbocycles. The largest absolute Gasteiger partial charge is 0.493 e.